The number of rotatable bonds is 7. The molecule has 1 aliphatic heterocycles. The largest absolute Gasteiger partial charge is 0.362 e. The van der Waals surface area contributed by atoms with Crippen molar-refractivity contribution in [1.82, 2.24) is 0 Å². The molecule has 2 aromatic rings. The predicted molar refractivity (Wildman–Crippen MR) is 84.4 cm³/mol. The summed E-state index contributed by atoms with van der Waals surface area (Å²) in [6.45, 7) is 2.37. The van der Waals surface area contributed by atoms with Crippen LogP contribution in [0.15, 0.2) is 60.7 Å². The van der Waals surface area contributed by atoms with Crippen LogP contribution >= 0.6 is 7.60 Å². The molecule has 2 aromatic carbocycles. The molecule has 0 bridgehead atoms. The Hall–Kier alpha value is -1.45. The topological polar surface area (TPSA) is 48.1 Å². The van der Waals surface area contributed by atoms with E-state index in [-0.39, 0.29) is 19.3 Å². The SMILES string of the molecule is C[C@@H]1O[C@@H]1P(=O)(OCc1ccccc1)OCc1ccccc1. The van der Waals surface area contributed by atoms with Gasteiger partial charge in [0, 0.05) is 0 Å². The molecule has 2 atom stereocenters. The maximum atomic E-state index is 13.0. The van der Waals surface area contributed by atoms with Crippen molar-refractivity contribution in [2.24, 2.45) is 0 Å². The van der Waals surface area contributed by atoms with Crippen LogP contribution in [0.2, 0.25) is 0 Å². The van der Waals surface area contributed by atoms with Gasteiger partial charge in [0.1, 0.15) is 0 Å². The summed E-state index contributed by atoms with van der Waals surface area (Å²) in [5.74, 6) is -0.458. The lowest BCUT2D eigenvalue weighted by Gasteiger charge is -2.17. The minimum atomic E-state index is -3.29. The zero-order chi connectivity index (χ0) is 15.4. The van der Waals surface area contributed by atoms with Crippen molar-refractivity contribution in [3.63, 3.8) is 0 Å². The molecule has 1 fully saturated rings. The highest BCUT2D eigenvalue weighted by Gasteiger charge is 2.52. The van der Waals surface area contributed by atoms with Gasteiger partial charge in [-0.15, -0.1) is 0 Å². The summed E-state index contributed by atoms with van der Waals surface area (Å²) in [6, 6.07) is 19.3. The van der Waals surface area contributed by atoms with Gasteiger partial charge in [-0.25, -0.2) is 0 Å². The monoisotopic (exact) mass is 318 g/mol. The Morgan fingerprint density at radius 1 is 0.909 bits per heavy atom. The Labute approximate surface area is 130 Å². The lowest BCUT2D eigenvalue weighted by Crippen LogP contribution is -2.04. The molecule has 1 aliphatic rings. The molecule has 0 amide bonds. The molecule has 4 nitrogen and oxygen atoms in total. The fourth-order valence-electron chi connectivity index (χ4n) is 2.17. The summed E-state index contributed by atoms with van der Waals surface area (Å²) in [5.41, 5.74) is 1.92. The molecule has 0 aliphatic carbocycles. The average Bonchev–Trinajstić information content (AvgIpc) is 3.31. The summed E-state index contributed by atoms with van der Waals surface area (Å²) < 4.78 is 29.6. The van der Waals surface area contributed by atoms with E-state index >= 15 is 0 Å². The van der Waals surface area contributed by atoms with Gasteiger partial charge in [0.05, 0.1) is 19.3 Å². The molecular weight excluding hydrogens is 299 g/mol. The Kier molecular flexibility index (Phi) is 4.74. The van der Waals surface area contributed by atoms with Gasteiger partial charge >= 0.3 is 7.60 Å². The van der Waals surface area contributed by atoms with E-state index in [0.29, 0.717) is 0 Å². The van der Waals surface area contributed by atoms with Gasteiger partial charge in [-0.05, 0) is 18.1 Å². The maximum Gasteiger partial charge on any atom is 0.362 e. The Morgan fingerprint density at radius 2 is 1.32 bits per heavy atom. The molecule has 5 heteroatoms. The zero-order valence-corrected chi connectivity index (χ0v) is 13.3. The third-order valence-corrected chi connectivity index (χ3v) is 5.64. The molecule has 0 spiro atoms. The Balaban J connectivity index is 1.64. The molecular formula is C17H19O4P. The standard InChI is InChI=1S/C17H19O4P/c1-14-17(21-14)22(18,19-12-15-8-4-2-5-9-15)20-13-16-10-6-3-7-11-16/h2-11,14,17H,12-13H2,1H3/t14-,17+/m0/s1. The van der Waals surface area contributed by atoms with E-state index in [9.17, 15) is 4.57 Å². The summed E-state index contributed by atoms with van der Waals surface area (Å²) in [6.07, 6.45) is -0.0858. The third kappa shape index (κ3) is 3.84. The van der Waals surface area contributed by atoms with Crippen LogP contribution < -0.4 is 0 Å². The minimum Gasteiger partial charge on any atom is -0.356 e. The van der Waals surface area contributed by atoms with E-state index in [1.54, 1.807) is 0 Å². The first-order chi connectivity index (χ1) is 10.7. The van der Waals surface area contributed by atoms with Crippen LogP contribution in [0.1, 0.15) is 18.1 Å². The van der Waals surface area contributed by atoms with Crippen LogP contribution in [0.25, 0.3) is 0 Å². The second-order valence-corrected chi connectivity index (χ2v) is 7.39. The van der Waals surface area contributed by atoms with Crippen LogP contribution in [0.3, 0.4) is 0 Å². The fourth-order valence-corrected chi connectivity index (χ4v) is 4.05. The summed E-state index contributed by atoms with van der Waals surface area (Å²) in [4.78, 5) is 0. The first-order valence-corrected chi connectivity index (χ1v) is 8.91. The van der Waals surface area contributed by atoms with Crippen LogP contribution in [-0.2, 0) is 31.6 Å². The van der Waals surface area contributed by atoms with Crippen molar-refractivity contribution >= 4 is 7.60 Å². The minimum absolute atomic E-state index is 0.0858. The third-order valence-electron chi connectivity index (χ3n) is 3.50. The predicted octanol–water partition coefficient (Wildman–Crippen LogP) is 4.36. The number of hydrogen-bond acceptors (Lipinski definition) is 4. The van der Waals surface area contributed by atoms with Crippen LogP contribution in [0.5, 0.6) is 0 Å². The number of benzene rings is 2. The van der Waals surface area contributed by atoms with Gasteiger partial charge in [-0.1, -0.05) is 60.7 Å². The molecule has 0 saturated carbocycles. The number of ether oxygens (including phenoxy) is 1. The normalized spacial score (nSPS) is 20.8. The Bertz CT molecular complexity index is 597. The highest BCUT2D eigenvalue weighted by molar-refractivity contribution is 7.54. The molecule has 0 aromatic heterocycles. The van der Waals surface area contributed by atoms with Gasteiger partial charge < -0.3 is 13.8 Å². The smallest absolute Gasteiger partial charge is 0.356 e. The second kappa shape index (κ2) is 6.76. The average molecular weight is 318 g/mol. The molecule has 0 N–H and O–H groups in total. The van der Waals surface area contributed by atoms with Crippen molar-refractivity contribution in [1.29, 1.82) is 0 Å². The van der Waals surface area contributed by atoms with E-state index in [2.05, 4.69) is 0 Å². The molecule has 0 unspecified atom stereocenters. The van der Waals surface area contributed by atoms with Gasteiger partial charge in [0.15, 0.2) is 5.85 Å². The van der Waals surface area contributed by atoms with E-state index in [1.165, 1.54) is 0 Å². The lowest BCUT2D eigenvalue weighted by atomic mass is 10.2. The van der Waals surface area contributed by atoms with Gasteiger partial charge in [-0.2, -0.15) is 0 Å². The quantitative estimate of drug-likeness (QED) is 0.562. The second-order valence-electron chi connectivity index (χ2n) is 5.29. The number of epoxide rings is 1. The van der Waals surface area contributed by atoms with Crippen molar-refractivity contribution in [3.05, 3.63) is 71.8 Å². The molecule has 3 rings (SSSR count). The highest BCUT2D eigenvalue weighted by atomic mass is 31.2. The zero-order valence-electron chi connectivity index (χ0n) is 12.4. The summed E-state index contributed by atoms with van der Waals surface area (Å²) in [7, 11) is -3.29. The fraction of sp³-hybridized carbons (Fsp3) is 0.294. The molecule has 1 heterocycles. The molecule has 1 saturated heterocycles. The lowest BCUT2D eigenvalue weighted by molar-refractivity contribution is 0.181. The molecule has 116 valence electrons. The van der Waals surface area contributed by atoms with Crippen molar-refractivity contribution in [2.45, 2.75) is 32.1 Å². The van der Waals surface area contributed by atoms with Crippen molar-refractivity contribution < 1.29 is 18.3 Å². The van der Waals surface area contributed by atoms with Gasteiger partial charge in [-0.3, -0.25) is 4.57 Å². The van der Waals surface area contributed by atoms with Crippen LogP contribution in [0.4, 0.5) is 0 Å². The van der Waals surface area contributed by atoms with Gasteiger partial charge in [0.25, 0.3) is 0 Å². The first-order valence-electron chi connectivity index (χ1n) is 7.29. The van der Waals surface area contributed by atoms with Crippen molar-refractivity contribution in [2.75, 3.05) is 0 Å². The number of hydrogen-bond donors (Lipinski definition) is 0. The van der Waals surface area contributed by atoms with E-state index in [1.807, 2.05) is 67.6 Å². The molecule has 22 heavy (non-hydrogen) atoms. The van der Waals surface area contributed by atoms with E-state index in [4.69, 9.17) is 13.8 Å². The summed E-state index contributed by atoms with van der Waals surface area (Å²) >= 11 is 0. The van der Waals surface area contributed by atoms with E-state index < -0.39 is 13.4 Å². The van der Waals surface area contributed by atoms with E-state index in [0.717, 1.165) is 11.1 Å². The summed E-state index contributed by atoms with van der Waals surface area (Å²) in [5, 5.41) is 0. The first kappa shape index (κ1) is 15.4. The van der Waals surface area contributed by atoms with Gasteiger partial charge in [0.2, 0.25) is 0 Å². The van der Waals surface area contributed by atoms with Crippen LogP contribution in [-0.4, -0.2) is 11.9 Å². The van der Waals surface area contributed by atoms with Crippen molar-refractivity contribution in [3.8, 4) is 0 Å². The Morgan fingerprint density at radius 3 is 1.68 bits per heavy atom. The highest BCUT2D eigenvalue weighted by Crippen LogP contribution is 2.62. The maximum absolute atomic E-state index is 13.0. The molecule has 0 radical (unpaired) electrons. The van der Waals surface area contributed by atoms with Crippen LogP contribution in [0, 0.1) is 0 Å².